The van der Waals surface area contributed by atoms with Crippen LogP contribution in [0.3, 0.4) is 0 Å². The number of hydrogen-bond donors (Lipinski definition) is 0. The molecule has 3 aromatic heterocycles. The zero-order valence-electron chi connectivity index (χ0n) is 17.0. The van der Waals surface area contributed by atoms with Crippen molar-refractivity contribution in [2.24, 2.45) is 0 Å². The van der Waals surface area contributed by atoms with Crippen molar-refractivity contribution in [2.45, 2.75) is 26.3 Å². The van der Waals surface area contributed by atoms with Crippen molar-refractivity contribution in [1.29, 1.82) is 0 Å². The van der Waals surface area contributed by atoms with Crippen LogP contribution in [0.2, 0.25) is 0 Å². The van der Waals surface area contributed by atoms with E-state index in [1.807, 2.05) is 60.0 Å². The van der Waals surface area contributed by atoms with Gasteiger partial charge < -0.3 is 4.74 Å². The molecule has 0 aliphatic heterocycles. The molecule has 5 aromatic rings. The Labute approximate surface area is 172 Å². The van der Waals surface area contributed by atoms with Gasteiger partial charge in [-0.1, -0.05) is 19.1 Å². The van der Waals surface area contributed by atoms with Gasteiger partial charge in [0.15, 0.2) is 11.3 Å². The van der Waals surface area contributed by atoms with E-state index < -0.39 is 0 Å². The summed E-state index contributed by atoms with van der Waals surface area (Å²) in [6.45, 7) is 4.06. The molecule has 0 saturated heterocycles. The molecule has 1 atom stereocenters. The number of benzene rings is 2. The van der Waals surface area contributed by atoms with Crippen LogP contribution in [0.15, 0.2) is 59.7 Å². The van der Waals surface area contributed by atoms with Crippen LogP contribution in [0.1, 0.15) is 26.3 Å². The van der Waals surface area contributed by atoms with Gasteiger partial charge in [0, 0.05) is 11.7 Å². The number of hydrogen-bond acceptors (Lipinski definition) is 5. The number of fused-ring (bicyclic) bond motifs is 4. The van der Waals surface area contributed by atoms with Crippen molar-refractivity contribution in [3.8, 4) is 11.4 Å². The first-order valence-electron chi connectivity index (χ1n) is 9.94. The molecule has 150 valence electrons. The van der Waals surface area contributed by atoms with Gasteiger partial charge >= 0.3 is 0 Å². The molecule has 0 amide bonds. The van der Waals surface area contributed by atoms with E-state index in [2.05, 4.69) is 11.9 Å². The summed E-state index contributed by atoms with van der Waals surface area (Å²) in [6, 6.07) is 15.3. The first-order valence-corrected chi connectivity index (χ1v) is 9.94. The number of rotatable bonds is 4. The quantitative estimate of drug-likeness (QED) is 0.451. The standard InChI is InChI=1S/C23H21N5O2/c1-4-14(2)27-13-24-21-19(23(27)29)20-22(26-18-8-6-5-7-17(18)25-20)28(21)15-9-11-16(30-3)12-10-15/h5-14H,4H2,1-3H3/t14-/m1/s1. The van der Waals surface area contributed by atoms with Crippen LogP contribution in [0.4, 0.5) is 0 Å². The lowest BCUT2D eigenvalue weighted by molar-refractivity contribution is 0.415. The summed E-state index contributed by atoms with van der Waals surface area (Å²) in [6.07, 6.45) is 2.45. The fourth-order valence-electron chi connectivity index (χ4n) is 3.74. The summed E-state index contributed by atoms with van der Waals surface area (Å²) in [7, 11) is 1.63. The van der Waals surface area contributed by atoms with Crippen LogP contribution in [0, 0.1) is 0 Å². The fourth-order valence-corrected chi connectivity index (χ4v) is 3.74. The van der Waals surface area contributed by atoms with Gasteiger partial charge in [-0.15, -0.1) is 0 Å². The zero-order chi connectivity index (χ0) is 20.8. The van der Waals surface area contributed by atoms with Crippen LogP contribution in [-0.2, 0) is 0 Å². The second-order valence-electron chi connectivity index (χ2n) is 7.33. The third kappa shape index (κ3) is 2.66. The Hall–Kier alpha value is -3.74. The molecule has 0 N–H and O–H groups in total. The summed E-state index contributed by atoms with van der Waals surface area (Å²) in [4.78, 5) is 27.8. The number of para-hydroxylation sites is 2. The molecule has 30 heavy (non-hydrogen) atoms. The molecular formula is C23H21N5O2. The lowest BCUT2D eigenvalue weighted by Crippen LogP contribution is -2.23. The van der Waals surface area contributed by atoms with Crippen molar-refractivity contribution in [3.63, 3.8) is 0 Å². The number of aromatic nitrogens is 5. The fraction of sp³-hybridized carbons (Fsp3) is 0.217. The minimum Gasteiger partial charge on any atom is -0.497 e. The van der Waals surface area contributed by atoms with E-state index in [9.17, 15) is 4.79 Å². The maximum absolute atomic E-state index is 13.4. The summed E-state index contributed by atoms with van der Waals surface area (Å²) in [5.74, 6) is 0.753. The highest BCUT2D eigenvalue weighted by Gasteiger charge is 2.21. The van der Waals surface area contributed by atoms with E-state index in [0.717, 1.165) is 28.9 Å². The molecule has 5 rings (SSSR count). The van der Waals surface area contributed by atoms with Crippen LogP contribution in [0.25, 0.3) is 38.9 Å². The Morgan fingerprint density at radius 3 is 2.37 bits per heavy atom. The van der Waals surface area contributed by atoms with Gasteiger partial charge in [0.1, 0.15) is 23.0 Å². The smallest absolute Gasteiger partial charge is 0.265 e. The molecule has 0 radical (unpaired) electrons. The Bertz CT molecular complexity index is 1450. The Kier molecular flexibility index (Phi) is 4.24. The molecule has 3 heterocycles. The molecule has 7 heteroatoms. The average Bonchev–Trinajstić information content (AvgIpc) is 3.11. The van der Waals surface area contributed by atoms with Gasteiger partial charge in [-0.25, -0.2) is 15.0 Å². The summed E-state index contributed by atoms with van der Waals surface area (Å²) in [5.41, 5.74) is 3.98. The van der Waals surface area contributed by atoms with Gasteiger partial charge in [-0.3, -0.25) is 13.9 Å². The highest BCUT2D eigenvalue weighted by molar-refractivity contribution is 6.05. The molecule has 0 spiro atoms. The second-order valence-corrected chi connectivity index (χ2v) is 7.33. The molecular weight excluding hydrogens is 378 g/mol. The molecule has 0 aliphatic carbocycles. The van der Waals surface area contributed by atoms with Crippen molar-refractivity contribution in [3.05, 3.63) is 65.2 Å². The van der Waals surface area contributed by atoms with Crippen LogP contribution >= 0.6 is 0 Å². The molecule has 7 nitrogen and oxygen atoms in total. The molecule has 2 aromatic carbocycles. The van der Waals surface area contributed by atoms with E-state index in [0.29, 0.717) is 22.2 Å². The van der Waals surface area contributed by atoms with E-state index in [4.69, 9.17) is 14.7 Å². The van der Waals surface area contributed by atoms with Crippen molar-refractivity contribution >= 4 is 33.2 Å². The van der Waals surface area contributed by atoms with Crippen LogP contribution < -0.4 is 10.3 Å². The van der Waals surface area contributed by atoms with Crippen molar-refractivity contribution < 1.29 is 4.74 Å². The Balaban J connectivity index is 1.94. The van der Waals surface area contributed by atoms with Crippen molar-refractivity contribution in [2.75, 3.05) is 7.11 Å². The first-order chi connectivity index (χ1) is 14.6. The van der Waals surface area contributed by atoms with Gasteiger partial charge in [-0.2, -0.15) is 0 Å². The van der Waals surface area contributed by atoms with E-state index in [1.165, 1.54) is 0 Å². The van der Waals surface area contributed by atoms with Crippen LogP contribution in [0.5, 0.6) is 5.75 Å². The minimum atomic E-state index is -0.101. The van der Waals surface area contributed by atoms with E-state index in [1.54, 1.807) is 18.0 Å². The molecule has 0 saturated carbocycles. The third-order valence-electron chi connectivity index (χ3n) is 5.59. The third-order valence-corrected chi connectivity index (χ3v) is 5.59. The van der Waals surface area contributed by atoms with E-state index in [-0.39, 0.29) is 11.6 Å². The topological polar surface area (TPSA) is 74.8 Å². The largest absolute Gasteiger partial charge is 0.497 e. The minimum absolute atomic E-state index is 0.0437. The molecule has 0 bridgehead atoms. The lowest BCUT2D eigenvalue weighted by Gasteiger charge is -2.12. The first kappa shape index (κ1) is 18.3. The maximum atomic E-state index is 13.4. The van der Waals surface area contributed by atoms with Gasteiger partial charge in [-0.05, 0) is 49.7 Å². The van der Waals surface area contributed by atoms with Crippen LogP contribution in [-0.4, -0.2) is 31.2 Å². The molecule has 0 fully saturated rings. The van der Waals surface area contributed by atoms with Crippen molar-refractivity contribution in [1.82, 2.24) is 24.1 Å². The monoisotopic (exact) mass is 399 g/mol. The highest BCUT2D eigenvalue weighted by atomic mass is 16.5. The SMILES string of the molecule is CC[C@@H](C)n1cnc2c(c1=O)c1nc3ccccc3nc1n2-c1ccc(OC)cc1. The Morgan fingerprint density at radius 2 is 1.70 bits per heavy atom. The maximum Gasteiger partial charge on any atom is 0.265 e. The number of ether oxygens (including phenoxy) is 1. The summed E-state index contributed by atoms with van der Waals surface area (Å²) < 4.78 is 8.86. The Morgan fingerprint density at radius 1 is 1.00 bits per heavy atom. The van der Waals surface area contributed by atoms with Gasteiger partial charge in [0.25, 0.3) is 5.56 Å². The number of nitrogens with zero attached hydrogens (tertiary/aromatic N) is 5. The summed E-state index contributed by atoms with van der Waals surface area (Å²) >= 11 is 0. The predicted molar refractivity (Wildman–Crippen MR) is 117 cm³/mol. The number of methoxy groups -OCH3 is 1. The van der Waals surface area contributed by atoms with Gasteiger partial charge in [0.2, 0.25) is 0 Å². The second kappa shape index (κ2) is 6.95. The van der Waals surface area contributed by atoms with Gasteiger partial charge in [0.05, 0.1) is 18.1 Å². The average molecular weight is 399 g/mol. The predicted octanol–water partition coefficient (Wildman–Crippen LogP) is 4.26. The summed E-state index contributed by atoms with van der Waals surface area (Å²) in [5, 5.41) is 0.488. The molecule has 0 aliphatic rings. The lowest BCUT2D eigenvalue weighted by atomic mass is 10.2. The normalized spacial score (nSPS) is 12.6. The van der Waals surface area contributed by atoms with E-state index >= 15 is 0 Å². The zero-order valence-corrected chi connectivity index (χ0v) is 17.0. The highest BCUT2D eigenvalue weighted by Crippen LogP contribution is 2.29. The molecule has 0 unspecified atom stereocenters.